The van der Waals surface area contributed by atoms with Gasteiger partial charge in [-0.3, -0.25) is 14.5 Å². The lowest BCUT2D eigenvalue weighted by atomic mass is 9.94. The summed E-state index contributed by atoms with van der Waals surface area (Å²) in [5.41, 5.74) is 1.58. The van der Waals surface area contributed by atoms with Crippen LogP contribution in [0, 0.1) is 6.92 Å². The van der Waals surface area contributed by atoms with Crippen LogP contribution in [-0.2, 0) is 9.59 Å². The number of carbonyl (C=O) groups is 2. The van der Waals surface area contributed by atoms with E-state index in [9.17, 15) is 19.8 Å². The Labute approximate surface area is 216 Å². The number of methoxy groups -OCH3 is 3. The average molecular weight is 554 g/mol. The lowest BCUT2D eigenvalue weighted by Gasteiger charge is -2.27. The molecule has 0 saturated carbocycles. The number of aliphatic hydroxyl groups excluding tert-OH is 1. The molecule has 0 aliphatic carbocycles. The molecular weight excluding hydrogens is 530 g/mol. The van der Waals surface area contributed by atoms with Gasteiger partial charge in [0.05, 0.1) is 38.6 Å². The lowest BCUT2D eigenvalue weighted by molar-refractivity contribution is -0.132. The molecule has 2 N–H and O–H groups in total. The monoisotopic (exact) mass is 553 g/mol. The number of aromatic hydroxyl groups is 1. The highest BCUT2D eigenvalue weighted by Gasteiger charge is 2.48. The van der Waals surface area contributed by atoms with E-state index in [0.717, 1.165) is 14.9 Å². The molecule has 0 radical (unpaired) electrons. The average Bonchev–Trinajstić information content (AvgIpc) is 3.14. The number of carbonyl (C=O) groups excluding carboxylic acids is 2. The molecule has 1 amide bonds. The summed E-state index contributed by atoms with van der Waals surface area (Å²) in [4.78, 5) is 27.9. The van der Waals surface area contributed by atoms with Crippen molar-refractivity contribution in [2.75, 3.05) is 26.2 Å². The summed E-state index contributed by atoms with van der Waals surface area (Å²) in [6, 6.07) is 13.4. The fourth-order valence-corrected chi connectivity index (χ4v) is 4.52. The highest BCUT2D eigenvalue weighted by Crippen LogP contribution is 2.48. The number of amides is 1. The van der Waals surface area contributed by atoms with Gasteiger partial charge >= 0.3 is 0 Å². The van der Waals surface area contributed by atoms with Gasteiger partial charge < -0.3 is 24.4 Å². The molecule has 3 aromatic carbocycles. The van der Waals surface area contributed by atoms with Gasteiger partial charge in [0, 0.05) is 10.0 Å². The maximum atomic E-state index is 13.4. The van der Waals surface area contributed by atoms with E-state index in [2.05, 4.69) is 15.9 Å². The molecule has 1 aliphatic rings. The standard InChI is InChI=1S/C27H24BrNO7/c1-14-11-15(9-10-17(14)28)24(31)22-23(16-12-20(34-2)26(36-4)21(13-16)35-3)29(27(33)25(22)32)18-7-5-6-8-19(18)30/h5-13,23,30-31H,1-4H3/b24-22+. The Kier molecular flexibility index (Phi) is 6.94. The van der Waals surface area contributed by atoms with E-state index in [0.29, 0.717) is 28.4 Å². The van der Waals surface area contributed by atoms with Crippen molar-refractivity contribution in [1.82, 2.24) is 0 Å². The lowest BCUT2D eigenvalue weighted by Crippen LogP contribution is -2.29. The molecule has 9 heteroatoms. The van der Waals surface area contributed by atoms with E-state index in [1.807, 2.05) is 6.92 Å². The number of nitrogens with zero attached hydrogens (tertiary/aromatic N) is 1. The van der Waals surface area contributed by atoms with E-state index < -0.39 is 17.7 Å². The number of anilines is 1. The molecular formula is C27H24BrNO7. The Morgan fingerprint density at radius 2 is 1.58 bits per heavy atom. The van der Waals surface area contributed by atoms with Crippen LogP contribution in [0.25, 0.3) is 5.76 Å². The van der Waals surface area contributed by atoms with Gasteiger partial charge in [-0.25, -0.2) is 0 Å². The smallest absolute Gasteiger partial charge is 0.300 e. The van der Waals surface area contributed by atoms with Crippen molar-refractivity contribution in [2.24, 2.45) is 0 Å². The van der Waals surface area contributed by atoms with Crippen LogP contribution in [-0.4, -0.2) is 43.2 Å². The second-order valence-electron chi connectivity index (χ2n) is 8.08. The maximum Gasteiger partial charge on any atom is 0.300 e. The van der Waals surface area contributed by atoms with Crippen LogP contribution in [0.15, 0.2) is 64.6 Å². The van der Waals surface area contributed by atoms with Crippen LogP contribution in [0.5, 0.6) is 23.0 Å². The zero-order valence-electron chi connectivity index (χ0n) is 20.0. The van der Waals surface area contributed by atoms with Crippen molar-refractivity contribution in [3.8, 4) is 23.0 Å². The van der Waals surface area contributed by atoms with Crippen molar-refractivity contribution in [3.63, 3.8) is 0 Å². The summed E-state index contributed by atoms with van der Waals surface area (Å²) in [5, 5.41) is 21.9. The minimum absolute atomic E-state index is 0.115. The first-order valence-corrected chi connectivity index (χ1v) is 11.7. The van der Waals surface area contributed by atoms with E-state index in [4.69, 9.17) is 14.2 Å². The van der Waals surface area contributed by atoms with E-state index >= 15 is 0 Å². The van der Waals surface area contributed by atoms with Gasteiger partial charge in [0.15, 0.2) is 11.5 Å². The number of rotatable bonds is 6. The van der Waals surface area contributed by atoms with Crippen LogP contribution < -0.4 is 19.1 Å². The summed E-state index contributed by atoms with van der Waals surface area (Å²) in [7, 11) is 4.36. The van der Waals surface area contributed by atoms with Crippen molar-refractivity contribution in [3.05, 3.63) is 81.3 Å². The Morgan fingerprint density at radius 1 is 0.944 bits per heavy atom. The predicted octanol–water partition coefficient (Wildman–Crippen LogP) is 5.12. The van der Waals surface area contributed by atoms with Gasteiger partial charge in [-0.15, -0.1) is 0 Å². The Bertz CT molecular complexity index is 1370. The van der Waals surface area contributed by atoms with Gasteiger partial charge in [0.1, 0.15) is 11.5 Å². The minimum Gasteiger partial charge on any atom is -0.507 e. The van der Waals surface area contributed by atoms with Crippen molar-refractivity contribution < 1.29 is 34.0 Å². The summed E-state index contributed by atoms with van der Waals surface area (Å²) in [6.45, 7) is 1.85. The normalized spacial score (nSPS) is 16.8. The number of benzene rings is 3. The summed E-state index contributed by atoms with van der Waals surface area (Å²) >= 11 is 3.43. The van der Waals surface area contributed by atoms with Crippen LogP contribution in [0.1, 0.15) is 22.7 Å². The number of aliphatic hydroxyl groups is 1. The van der Waals surface area contributed by atoms with Crippen LogP contribution in [0.3, 0.4) is 0 Å². The number of halogens is 1. The van der Waals surface area contributed by atoms with Gasteiger partial charge in [-0.2, -0.15) is 0 Å². The Balaban J connectivity index is 2.04. The first kappa shape index (κ1) is 25.1. The highest BCUT2D eigenvalue weighted by atomic mass is 79.9. The molecule has 0 aromatic heterocycles. The largest absolute Gasteiger partial charge is 0.507 e. The van der Waals surface area contributed by atoms with E-state index in [-0.39, 0.29) is 22.8 Å². The topological polar surface area (TPSA) is 106 Å². The number of ether oxygens (including phenoxy) is 3. The van der Waals surface area contributed by atoms with Gasteiger partial charge in [0.2, 0.25) is 5.75 Å². The second kappa shape index (κ2) is 9.94. The zero-order valence-corrected chi connectivity index (χ0v) is 21.6. The molecule has 3 aromatic rings. The van der Waals surface area contributed by atoms with Crippen LogP contribution >= 0.6 is 15.9 Å². The third-order valence-corrected chi connectivity index (χ3v) is 6.91. The third-order valence-electron chi connectivity index (χ3n) is 6.02. The highest BCUT2D eigenvalue weighted by molar-refractivity contribution is 9.10. The quantitative estimate of drug-likeness (QED) is 0.248. The number of hydrogen-bond acceptors (Lipinski definition) is 7. The van der Waals surface area contributed by atoms with E-state index in [1.54, 1.807) is 42.5 Å². The summed E-state index contributed by atoms with van der Waals surface area (Å²) in [5.74, 6) is -1.41. The van der Waals surface area contributed by atoms with Crippen LogP contribution in [0.2, 0.25) is 0 Å². The van der Waals surface area contributed by atoms with Gasteiger partial charge in [0.25, 0.3) is 11.7 Å². The van der Waals surface area contributed by atoms with Crippen molar-refractivity contribution >= 4 is 39.1 Å². The number of aryl methyl sites for hydroxylation is 1. The number of hydrogen-bond donors (Lipinski definition) is 2. The summed E-state index contributed by atoms with van der Waals surface area (Å²) < 4.78 is 17.2. The molecule has 1 saturated heterocycles. The fourth-order valence-electron chi connectivity index (χ4n) is 4.27. The first-order chi connectivity index (χ1) is 17.2. The number of ketones is 1. The second-order valence-corrected chi connectivity index (χ2v) is 8.93. The maximum absolute atomic E-state index is 13.4. The number of phenolic OH excluding ortho intramolecular Hbond substituents is 1. The fraction of sp³-hybridized carbons (Fsp3) is 0.185. The molecule has 0 spiro atoms. The zero-order chi connectivity index (χ0) is 26.1. The predicted molar refractivity (Wildman–Crippen MR) is 138 cm³/mol. The molecule has 4 rings (SSSR count). The molecule has 1 atom stereocenters. The van der Waals surface area contributed by atoms with Crippen molar-refractivity contribution in [2.45, 2.75) is 13.0 Å². The van der Waals surface area contributed by atoms with E-state index in [1.165, 1.54) is 33.5 Å². The number of para-hydroxylation sites is 2. The molecule has 36 heavy (non-hydrogen) atoms. The molecule has 8 nitrogen and oxygen atoms in total. The number of Topliss-reactive ketones (excluding diaryl/α,β-unsaturated/α-hetero) is 1. The van der Waals surface area contributed by atoms with Gasteiger partial charge in [-0.05, 0) is 54.4 Å². The summed E-state index contributed by atoms with van der Waals surface area (Å²) in [6.07, 6.45) is 0. The van der Waals surface area contributed by atoms with Gasteiger partial charge in [-0.1, -0.05) is 34.1 Å². The minimum atomic E-state index is -1.10. The molecule has 1 heterocycles. The Morgan fingerprint density at radius 3 is 2.14 bits per heavy atom. The van der Waals surface area contributed by atoms with Crippen molar-refractivity contribution in [1.29, 1.82) is 0 Å². The SMILES string of the molecule is COc1cc(C2/C(=C(\O)c3ccc(Br)c(C)c3)C(=O)C(=O)N2c2ccccc2O)cc(OC)c1OC. The molecule has 1 unspecified atom stereocenters. The Hall–Kier alpha value is -3.98. The molecule has 0 bridgehead atoms. The third kappa shape index (κ3) is 4.15. The van der Waals surface area contributed by atoms with Crippen LogP contribution in [0.4, 0.5) is 5.69 Å². The first-order valence-electron chi connectivity index (χ1n) is 10.9. The molecule has 186 valence electrons. The number of phenols is 1. The molecule has 1 aliphatic heterocycles. The molecule has 1 fully saturated rings.